The molecule has 3 atom stereocenters. The fourth-order valence-corrected chi connectivity index (χ4v) is 6.90. The second-order valence-electron chi connectivity index (χ2n) is 5.10. The van der Waals surface area contributed by atoms with Crippen LogP contribution in [0, 0.1) is 5.92 Å². The zero-order chi connectivity index (χ0) is 12.9. The molecule has 0 heterocycles. The van der Waals surface area contributed by atoms with Gasteiger partial charge in [0.1, 0.15) is 0 Å². The van der Waals surface area contributed by atoms with Gasteiger partial charge in [0.15, 0.2) is 0 Å². The SMILES string of the molecule is CC1CCCC(SP(O)(=S)OCCN(C)C)C1. The Morgan fingerprint density at radius 3 is 2.76 bits per heavy atom. The molecular formula is C11H24NO2PS2. The van der Waals surface area contributed by atoms with Crippen LogP contribution in [-0.2, 0) is 16.3 Å². The van der Waals surface area contributed by atoms with E-state index in [1.165, 1.54) is 37.1 Å². The van der Waals surface area contributed by atoms with Crippen LogP contribution in [0.1, 0.15) is 32.6 Å². The Morgan fingerprint density at radius 1 is 1.47 bits per heavy atom. The van der Waals surface area contributed by atoms with Crippen molar-refractivity contribution >= 4 is 28.9 Å². The quantitative estimate of drug-likeness (QED) is 0.762. The minimum Gasteiger partial charge on any atom is -0.337 e. The summed E-state index contributed by atoms with van der Waals surface area (Å²) in [6.45, 7) is 3.61. The van der Waals surface area contributed by atoms with Gasteiger partial charge in [-0.1, -0.05) is 31.1 Å². The topological polar surface area (TPSA) is 32.7 Å². The molecule has 1 N–H and O–H groups in total. The molecule has 0 aromatic rings. The van der Waals surface area contributed by atoms with Crippen LogP contribution in [0.4, 0.5) is 0 Å². The van der Waals surface area contributed by atoms with Gasteiger partial charge in [-0.2, -0.15) is 0 Å². The van der Waals surface area contributed by atoms with Gasteiger partial charge in [0.2, 0.25) is 5.69 Å². The third-order valence-electron chi connectivity index (χ3n) is 2.96. The minimum absolute atomic E-state index is 0.494. The summed E-state index contributed by atoms with van der Waals surface area (Å²) in [7, 11) is 3.97. The molecule has 0 amide bonds. The molecule has 0 aromatic carbocycles. The normalized spacial score (nSPS) is 29.2. The molecule has 3 unspecified atom stereocenters. The lowest BCUT2D eigenvalue weighted by Crippen LogP contribution is -2.18. The molecule has 0 spiro atoms. The van der Waals surface area contributed by atoms with Gasteiger partial charge in [0.05, 0.1) is 6.61 Å². The maximum absolute atomic E-state index is 10.1. The summed E-state index contributed by atoms with van der Waals surface area (Å²) >= 11 is 6.72. The van der Waals surface area contributed by atoms with E-state index in [1.807, 2.05) is 19.0 Å². The predicted octanol–water partition coefficient (Wildman–Crippen LogP) is 3.09. The second-order valence-corrected chi connectivity index (χ2v) is 11.5. The van der Waals surface area contributed by atoms with E-state index in [1.54, 1.807) is 0 Å². The van der Waals surface area contributed by atoms with Gasteiger partial charge in [-0.15, -0.1) is 0 Å². The zero-order valence-electron chi connectivity index (χ0n) is 11.0. The Balaban J connectivity index is 2.29. The van der Waals surface area contributed by atoms with Gasteiger partial charge in [-0.25, -0.2) is 0 Å². The zero-order valence-corrected chi connectivity index (χ0v) is 13.5. The Kier molecular flexibility index (Phi) is 7.00. The Hall–Kier alpha value is 0.880. The first-order valence-corrected chi connectivity index (χ1v) is 10.4. The lowest BCUT2D eigenvalue weighted by atomic mass is 9.91. The summed E-state index contributed by atoms with van der Waals surface area (Å²) in [6, 6.07) is 0. The Morgan fingerprint density at radius 2 is 2.18 bits per heavy atom. The minimum atomic E-state index is -2.62. The van der Waals surface area contributed by atoms with Crippen molar-refractivity contribution in [2.45, 2.75) is 37.9 Å². The smallest absolute Gasteiger partial charge is 0.245 e. The van der Waals surface area contributed by atoms with Crippen molar-refractivity contribution in [3.05, 3.63) is 0 Å². The standard InChI is InChI=1S/C11H24NO2PS2/c1-10-5-4-6-11(9-10)17-15(13,16)14-8-7-12(2)3/h10-11H,4-9H2,1-3H3,(H,13,16). The first-order chi connectivity index (χ1) is 7.89. The second kappa shape index (κ2) is 7.46. The third-order valence-corrected chi connectivity index (χ3v) is 7.57. The summed E-state index contributed by atoms with van der Waals surface area (Å²) in [5.74, 6) is 0.762. The summed E-state index contributed by atoms with van der Waals surface area (Å²) in [5.41, 5.74) is -2.62. The van der Waals surface area contributed by atoms with E-state index in [4.69, 9.17) is 16.3 Å². The average Bonchev–Trinajstić information content (AvgIpc) is 2.15. The van der Waals surface area contributed by atoms with Crippen molar-refractivity contribution in [1.82, 2.24) is 4.90 Å². The molecule has 0 radical (unpaired) electrons. The van der Waals surface area contributed by atoms with Crippen molar-refractivity contribution in [3.8, 4) is 0 Å². The predicted molar refractivity (Wildman–Crippen MR) is 80.0 cm³/mol. The van der Waals surface area contributed by atoms with Crippen LogP contribution in [0.3, 0.4) is 0 Å². The molecular weight excluding hydrogens is 273 g/mol. The Labute approximate surface area is 114 Å². The van der Waals surface area contributed by atoms with E-state index in [2.05, 4.69) is 6.92 Å². The van der Waals surface area contributed by atoms with Crippen molar-refractivity contribution in [1.29, 1.82) is 0 Å². The molecule has 1 fully saturated rings. The first kappa shape index (κ1) is 15.9. The molecule has 0 bridgehead atoms. The van der Waals surface area contributed by atoms with Gasteiger partial charge in [-0.05, 0) is 44.7 Å². The third kappa shape index (κ3) is 7.14. The van der Waals surface area contributed by atoms with Crippen molar-refractivity contribution in [2.75, 3.05) is 27.2 Å². The van der Waals surface area contributed by atoms with Crippen LogP contribution in [-0.4, -0.2) is 42.3 Å². The summed E-state index contributed by atoms with van der Waals surface area (Å²) in [6.07, 6.45) is 4.91. The maximum atomic E-state index is 10.1. The molecule has 0 saturated heterocycles. The molecule has 102 valence electrons. The molecule has 1 aliphatic rings. The monoisotopic (exact) mass is 297 g/mol. The molecule has 1 aliphatic carbocycles. The highest BCUT2D eigenvalue weighted by molar-refractivity contribution is 8.67. The van der Waals surface area contributed by atoms with E-state index < -0.39 is 5.69 Å². The van der Waals surface area contributed by atoms with Crippen molar-refractivity contribution in [2.24, 2.45) is 5.92 Å². The molecule has 17 heavy (non-hydrogen) atoms. The van der Waals surface area contributed by atoms with E-state index >= 15 is 0 Å². The van der Waals surface area contributed by atoms with Crippen LogP contribution in [0.2, 0.25) is 0 Å². The van der Waals surface area contributed by atoms with Crippen LogP contribution >= 0.6 is 17.1 Å². The van der Waals surface area contributed by atoms with E-state index in [0.717, 1.165) is 12.5 Å². The fourth-order valence-electron chi connectivity index (χ4n) is 2.03. The van der Waals surface area contributed by atoms with Crippen LogP contribution in [0.5, 0.6) is 0 Å². The molecule has 1 rings (SSSR count). The number of hydrogen-bond donors (Lipinski definition) is 1. The lowest BCUT2D eigenvalue weighted by molar-refractivity contribution is 0.265. The van der Waals surface area contributed by atoms with E-state index in [9.17, 15) is 4.89 Å². The van der Waals surface area contributed by atoms with E-state index in [0.29, 0.717) is 11.9 Å². The van der Waals surface area contributed by atoms with Crippen LogP contribution < -0.4 is 0 Å². The highest BCUT2D eigenvalue weighted by Gasteiger charge is 2.26. The van der Waals surface area contributed by atoms with Crippen molar-refractivity contribution in [3.63, 3.8) is 0 Å². The first-order valence-electron chi connectivity index (χ1n) is 6.19. The summed E-state index contributed by atoms with van der Waals surface area (Å²) in [4.78, 5) is 12.1. The lowest BCUT2D eigenvalue weighted by Gasteiger charge is -2.28. The number of nitrogens with zero attached hydrogens (tertiary/aromatic N) is 1. The largest absolute Gasteiger partial charge is 0.337 e. The average molecular weight is 297 g/mol. The molecule has 0 aliphatic heterocycles. The number of likely N-dealkylation sites (N-methyl/N-ethyl adjacent to an activating group) is 1. The maximum Gasteiger partial charge on any atom is 0.245 e. The fraction of sp³-hybridized carbons (Fsp3) is 1.00. The Bertz CT molecular complexity index is 276. The number of hydrogen-bond acceptors (Lipinski definition) is 4. The van der Waals surface area contributed by atoms with Gasteiger partial charge >= 0.3 is 0 Å². The number of rotatable bonds is 6. The van der Waals surface area contributed by atoms with Crippen LogP contribution in [0.15, 0.2) is 0 Å². The summed E-state index contributed by atoms with van der Waals surface area (Å²) < 4.78 is 5.48. The molecule has 3 nitrogen and oxygen atoms in total. The molecule has 0 aromatic heterocycles. The van der Waals surface area contributed by atoms with Gasteiger partial charge in [0, 0.05) is 11.8 Å². The van der Waals surface area contributed by atoms with Crippen LogP contribution in [0.25, 0.3) is 0 Å². The highest BCUT2D eigenvalue weighted by Crippen LogP contribution is 2.60. The molecule has 1 saturated carbocycles. The van der Waals surface area contributed by atoms with Gasteiger partial charge < -0.3 is 14.3 Å². The summed E-state index contributed by atoms with van der Waals surface area (Å²) in [5, 5.41) is 0.494. The van der Waals surface area contributed by atoms with Crippen molar-refractivity contribution < 1.29 is 9.42 Å². The molecule has 6 heteroatoms. The van der Waals surface area contributed by atoms with Gasteiger partial charge in [-0.3, -0.25) is 0 Å². The highest BCUT2D eigenvalue weighted by atomic mass is 32.9. The van der Waals surface area contributed by atoms with Gasteiger partial charge in [0.25, 0.3) is 0 Å². The van der Waals surface area contributed by atoms with E-state index in [-0.39, 0.29) is 0 Å².